The topological polar surface area (TPSA) is 92.5 Å². The molecule has 100 valence electrons. The maximum absolute atomic E-state index is 11.0. The molecule has 0 atom stereocenters. The van der Waals surface area contributed by atoms with Gasteiger partial charge in [0.2, 0.25) is 5.88 Å². The highest BCUT2D eigenvalue weighted by molar-refractivity contribution is 9.10. The number of ether oxygens (including phenoxy) is 1. The predicted octanol–water partition coefficient (Wildman–Crippen LogP) is 1.27. The van der Waals surface area contributed by atoms with Gasteiger partial charge in [-0.3, -0.25) is 4.79 Å². The van der Waals surface area contributed by atoms with Crippen molar-refractivity contribution in [3.05, 3.63) is 21.9 Å². The van der Waals surface area contributed by atoms with Crippen molar-refractivity contribution in [2.45, 2.75) is 0 Å². The van der Waals surface area contributed by atoms with Gasteiger partial charge in [0.1, 0.15) is 17.4 Å². The zero-order valence-electron chi connectivity index (χ0n) is 10.1. The molecule has 0 radical (unpaired) electrons. The Hall–Kier alpha value is -1.78. The maximum Gasteiger partial charge on any atom is 0.259 e. The van der Waals surface area contributed by atoms with Crippen LogP contribution in [0.3, 0.4) is 0 Å². The summed E-state index contributed by atoms with van der Waals surface area (Å²) in [6.07, 6.45) is 1.33. The monoisotopic (exact) mass is 325 g/mol. The van der Waals surface area contributed by atoms with E-state index in [2.05, 4.69) is 15.9 Å². The lowest BCUT2D eigenvalue weighted by molar-refractivity contribution is -0.114. The van der Waals surface area contributed by atoms with E-state index >= 15 is 0 Å². The number of anilines is 1. The summed E-state index contributed by atoms with van der Waals surface area (Å²) in [5.41, 5.74) is 4.93. The van der Waals surface area contributed by atoms with E-state index < -0.39 is 5.91 Å². The molecule has 1 aromatic heterocycles. The summed E-state index contributed by atoms with van der Waals surface area (Å²) >= 11 is 3.40. The van der Waals surface area contributed by atoms with Crippen LogP contribution in [0.15, 0.2) is 20.5 Å². The van der Waals surface area contributed by atoms with Crippen LogP contribution in [-0.2, 0) is 9.53 Å². The van der Waals surface area contributed by atoms with E-state index in [1.54, 1.807) is 12.1 Å². The van der Waals surface area contributed by atoms with Gasteiger partial charge in [-0.1, -0.05) is 0 Å². The fourth-order valence-electron chi connectivity index (χ4n) is 1.73. The number of carbonyl (C=O) groups is 1. The number of morpholine rings is 1. The van der Waals surface area contributed by atoms with Gasteiger partial charge in [0.15, 0.2) is 0 Å². The van der Waals surface area contributed by atoms with Crippen LogP contribution in [-0.4, -0.2) is 32.2 Å². The van der Waals surface area contributed by atoms with Gasteiger partial charge in [-0.2, -0.15) is 5.26 Å². The van der Waals surface area contributed by atoms with Crippen LogP contribution in [0.5, 0.6) is 0 Å². The van der Waals surface area contributed by atoms with Crippen LogP contribution in [0.1, 0.15) is 5.76 Å². The van der Waals surface area contributed by atoms with E-state index in [1.807, 2.05) is 4.90 Å². The van der Waals surface area contributed by atoms with Crippen LogP contribution in [0.4, 0.5) is 5.88 Å². The summed E-state index contributed by atoms with van der Waals surface area (Å²) in [4.78, 5) is 13.0. The number of nitrogens with zero attached hydrogens (tertiary/aromatic N) is 2. The van der Waals surface area contributed by atoms with Gasteiger partial charge >= 0.3 is 0 Å². The Morgan fingerprint density at radius 3 is 2.79 bits per heavy atom. The lowest BCUT2D eigenvalue weighted by atomic mass is 10.2. The van der Waals surface area contributed by atoms with Gasteiger partial charge in [-0.15, -0.1) is 0 Å². The smallest absolute Gasteiger partial charge is 0.259 e. The second-order valence-electron chi connectivity index (χ2n) is 3.94. The Morgan fingerprint density at radius 1 is 1.53 bits per heavy atom. The molecule has 0 unspecified atom stereocenters. The number of amides is 1. The molecule has 0 aliphatic carbocycles. The number of carbonyl (C=O) groups excluding carboxylic acids is 1. The molecule has 1 aromatic rings. The highest BCUT2D eigenvalue weighted by Crippen LogP contribution is 2.31. The van der Waals surface area contributed by atoms with Crippen molar-refractivity contribution < 1.29 is 13.9 Å². The molecule has 2 rings (SSSR count). The van der Waals surface area contributed by atoms with Gasteiger partial charge in [0.05, 0.1) is 17.7 Å². The van der Waals surface area contributed by atoms with E-state index in [-0.39, 0.29) is 5.57 Å². The lowest BCUT2D eigenvalue weighted by Crippen LogP contribution is -2.36. The maximum atomic E-state index is 11.0. The summed E-state index contributed by atoms with van der Waals surface area (Å²) in [6.45, 7) is 2.75. The van der Waals surface area contributed by atoms with Crippen LogP contribution in [0.2, 0.25) is 0 Å². The molecule has 2 N–H and O–H groups in total. The highest BCUT2D eigenvalue weighted by Gasteiger charge is 2.18. The molecular weight excluding hydrogens is 314 g/mol. The Balaban J connectivity index is 2.26. The molecule has 0 aromatic carbocycles. The molecule has 19 heavy (non-hydrogen) atoms. The van der Waals surface area contributed by atoms with E-state index in [0.29, 0.717) is 24.9 Å². The van der Waals surface area contributed by atoms with E-state index in [0.717, 1.165) is 17.6 Å². The average molecular weight is 326 g/mol. The second kappa shape index (κ2) is 5.91. The molecule has 7 heteroatoms. The summed E-state index contributed by atoms with van der Waals surface area (Å²) in [5, 5.41) is 8.78. The van der Waals surface area contributed by atoms with Crippen LogP contribution in [0, 0.1) is 11.3 Å². The standard InChI is InChI=1S/C12H12BrN3O3/c13-10-6-9(5-8(7-14)11(15)17)19-12(10)16-1-3-18-4-2-16/h5-6H,1-4H2,(H2,15,17)/b8-5-. The number of nitrogens with two attached hydrogens (primary N) is 1. The van der Waals surface area contributed by atoms with Crippen molar-refractivity contribution in [2.24, 2.45) is 5.73 Å². The minimum atomic E-state index is -0.775. The van der Waals surface area contributed by atoms with Crippen molar-refractivity contribution >= 4 is 33.8 Å². The molecule has 1 amide bonds. The van der Waals surface area contributed by atoms with Gasteiger partial charge in [-0.05, 0) is 15.9 Å². The van der Waals surface area contributed by atoms with Crippen LogP contribution in [0.25, 0.3) is 6.08 Å². The summed E-state index contributed by atoms with van der Waals surface area (Å²) in [5.74, 6) is 0.294. The Labute approximate surface area is 118 Å². The molecule has 0 saturated carbocycles. The number of hydrogen-bond acceptors (Lipinski definition) is 5. The van der Waals surface area contributed by atoms with Gasteiger partial charge in [-0.25, -0.2) is 0 Å². The Kier molecular flexibility index (Phi) is 4.24. The van der Waals surface area contributed by atoms with E-state index in [1.165, 1.54) is 6.08 Å². The van der Waals surface area contributed by atoms with Crippen LogP contribution < -0.4 is 10.6 Å². The zero-order chi connectivity index (χ0) is 13.8. The first-order chi connectivity index (χ1) is 9.11. The molecule has 1 aliphatic rings. The summed E-state index contributed by atoms with van der Waals surface area (Å²) in [6, 6.07) is 3.44. The van der Waals surface area contributed by atoms with Crippen molar-refractivity contribution in [1.29, 1.82) is 5.26 Å². The first-order valence-corrected chi connectivity index (χ1v) is 6.44. The van der Waals surface area contributed by atoms with E-state index in [4.69, 9.17) is 20.1 Å². The average Bonchev–Trinajstić information content (AvgIpc) is 2.77. The minimum absolute atomic E-state index is 0.144. The van der Waals surface area contributed by atoms with Gasteiger partial charge in [0.25, 0.3) is 5.91 Å². The molecule has 0 bridgehead atoms. The number of primary amides is 1. The normalized spacial score (nSPS) is 16.2. The molecule has 1 aliphatic heterocycles. The number of hydrogen-bond donors (Lipinski definition) is 1. The predicted molar refractivity (Wildman–Crippen MR) is 72.2 cm³/mol. The van der Waals surface area contributed by atoms with Crippen molar-refractivity contribution in [2.75, 3.05) is 31.2 Å². The van der Waals surface area contributed by atoms with Crippen molar-refractivity contribution in [1.82, 2.24) is 0 Å². The molecule has 6 nitrogen and oxygen atoms in total. The second-order valence-corrected chi connectivity index (χ2v) is 4.79. The third-order valence-corrected chi connectivity index (χ3v) is 3.23. The Bertz CT molecular complexity index is 553. The molecule has 1 fully saturated rings. The van der Waals surface area contributed by atoms with Crippen LogP contribution >= 0.6 is 15.9 Å². The highest BCUT2D eigenvalue weighted by atomic mass is 79.9. The number of furan rings is 1. The molecule has 0 spiro atoms. The fourth-order valence-corrected chi connectivity index (χ4v) is 2.29. The van der Waals surface area contributed by atoms with Crippen molar-refractivity contribution in [3.63, 3.8) is 0 Å². The third kappa shape index (κ3) is 3.16. The van der Waals surface area contributed by atoms with Gasteiger partial charge in [0, 0.05) is 25.2 Å². The fraction of sp³-hybridized carbons (Fsp3) is 0.333. The summed E-state index contributed by atoms with van der Waals surface area (Å²) in [7, 11) is 0. The quantitative estimate of drug-likeness (QED) is 0.667. The summed E-state index contributed by atoms with van der Waals surface area (Å²) < 4.78 is 11.7. The zero-order valence-corrected chi connectivity index (χ0v) is 11.6. The number of halogens is 1. The van der Waals surface area contributed by atoms with Crippen molar-refractivity contribution in [3.8, 4) is 6.07 Å². The number of nitriles is 1. The Morgan fingerprint density at radius 2 is 2.21 bits per heavy atom. The third-order valence-electron chi connectivity index (χ3n) is 2.66. The minimum Gasteiger partial charge on any atom is -0.440 e. The number of rotatable bonds is 3. The first-order valence-electron chi connectivity index (χ1n) is 5.65. The lowest BCUT2D eigenvalue weighted by Gasteiger charge is -2.26. The molecule has 1 saturated heterocycles. The van der Waals surface area contributed by atoms with E-state index in [9.17, 15) is 4.79 Å². The first kappa shape index (κ1) is 13.6. The molecular formula is C12H12BrN3O3. The van der Waals surface area contributed by atoms with Gasteiger partial charge < -0.3 is 19.8 Å². The molecule has 2 heterocycles. The SMILES string of the molecule is N#C/C(=C/c1cc(Br)c(N2CCOCC2)o1)C(N)=O. The largest absolute Gasteiger partial charge is 0.440 e.